The van der Waals surface area contributed by atoms with Gasteiger partial charge in [-0.2, -0.15) is 0 Å². The summed E-state index contributed by atoms with van der Waals surface area (Å²) < 4.78 is 17.2. The first-order valence-electron chi connectivity index (χ1n) is 10.6. The summed E-state index contributed by atoms with van der Waals surface area (Å²) in [6.07, 6.45) is 3.25. The average Bonchev–Trinajstić information content (AvgIpc) is 3.13. The summed E-state index contributed by atoms with van der Waals surface area (Å²) in [4.78, 5) is 32.0. The highest BCUT2D eigenvalue weighted by molar-refractivity contribution is 9.10. The number of aliphatic hydroxyl groups excluding tert-OH is 1. The molecule has 1 saturated heterocycles. The molecule has 0 radical (unpaired) electrons. The number of benzene rings is 2. The summed E-state index contributed by atoms with van der Waals surface area (Å²) in [5, 5.41) is 11.2. The monoisotopic (exact) mass is 538 g/mol. The van der Waals surface area contributed by atoms with Crippen LogP contribution in [0, 0.1) is 0 Å². The van der Waals surface area contributed by atoms with Gasteiger partial charge in [0.2, 0.25) is 5.75 Å². The lowest BCUT2D eigenvalue weighted by molar-refractivity contribution is -0.140. The molecule has 1 aliphatic heterocycles. The van der Waals surface area contributed by atoms with Gasteiger partial charge in [-0.05, 0) is 41.5 Å². The van der Waals surface area contributed by atoms with Crippen molar-refractivity contribution < 1.29 is 28.9 Å². The fourth-order valence-corrected chi connectivity index (χ4v) is 4.36. The second kappa shape index (κ2) is 10.2. The van der Waals surface area contributed by atoms with Gasteiger partial charge < -0.3 is 24.2 Å². The van der Waals surface area contributed by atoms with Crippen molar-refractivity contribution in [2.75, 3.05) is 21.3 Å². The van der Waals surface area contributed by atoms with Crippen LogP contribution in [0.1, 0.15) is 22.7 Å². The zero-order valence-electron chi connectivity index (χ0n) is 19.3. The molecule has 0 unspecified atom stereocenters. The van der Waals surface area contributed by atoms with E-state index in [-0.39, 0.29) is 17.9 Å². The van der Waals surface area contributed by atoms with E-state index in [0.717, 1.165) is 10.0 Å². The summed E-state index contributed by atoms with van der Waals surface area (Å²) >= 11 is 3.37. The normalized spacial score (nSPS) is 16.9. The largest absolute Gasteiger partial charge is 0.507 e. The Labute approximate surface area is 210 Å². The van der Waals surface area contributed by atoms with Crippen LogP contribution in [-0.2, 0) is 16.1 Å². The molecule has 35 heavy (non-hydrogen) atoms. The Morgan fingerprint density at radius 3 is 2.23 bits per heavy atom. The van der Waals surface area contributed by atoms with Crippen molar-refractivity contribution in [3.8, 4) is 17.2 Å². The van der Waals surface area contributed by atoms with Crippen LogP contribution in [0.3, 0.4) is 0 Å². The molecule has 1 fully saturated rings. The highest BCUT2D eigenvalue weighted by Gasteiger charge is 2.46. The van der Waals surface area contributed by atoms with Crippen molar-refractivity contribution >= 4 is 33.4 Å². The third-order valence-electron chi connectivity index (χ3n) is 5.74. The number of hydrogen-bond donors (Lipinski definition) is 1. The number of ketones is 1. The molecule has 0 saturated carbocycles. The second-order valence-corrected chi connectivity index (χ2v) is 8.67. The molecule has 1 aromatic heterocycles. The number of likely N-dealkylation sites (tertiary alicyclic amines) is 1. The van der Waals surface area contributed by atoms with Crippen molar-refractivity contribution in [1.82, 2.24) is 9.88 Å². The van der Waals surface area contributed by atoms with E-state index in [1.165, 1.54) is 26.2 Å². The zero-order chi connectivity index (χ0) is 25.1. The SMILES string of the molecule is COc1cc([C@@H]2C(=C(O)c3ccc(Br)cc3)C(=O)C(=O)N2Cc2cccnc2)cc(OC)c1OC. The molecule has 1 atom stereocenters. The zero-order valence-corrected chi connectivity index (χ0v) is 20.9. The number of pyridine rings is 1. The molecular weight excluding hydrogens is 516 g/mol. The average molecular weight is 539 g/mol. The maximum absolute atomic E-state index is 13.3. The lowest BCUT2D eigenvalue weighted by Gasteiger charge is -2.26. The molecule has 4 rings (SSSR count). The van der Waals surface area contributed by atoms with Gasteiger partial charge in [0.15, 0.2) is 11.5 Å². The molecule has 180 valence electrons. The minimum absolute atomic E-state index is 0.0320. The highest BCUT2D eigenvalue weighted by Crippen LogP contribution is 2.46. The number of nitrogens with zero attached hydrogens (tertiary/aromatic N) is 2. The van der Waals surface area contributed by atoms with Crippen LogP contribution in [0.5, 0.6) is 17.2 Å². The number of carbonyl (C=O) groups excluding carboxylic acids is 2. The summed E-state index contributed by atoms with van der Waals surface area (Å²) in [6, 6.07) is 12.8. The molecule has 1 N–H and O–H groups in total. The summed E-state index contributed by atoms with van der Waals surface area (Å²) in [6.45, 7) is 0.108. The minimum atomic E-state index is -0.910. The van der Waals surface area contributed by atoms with E-state index in [1.807, 2.05) is 6.07 Å². The van der Waals surface area contributed by atoms with Gasteiger partial charge in [-0.15, -0.1) is 0 Å². The molecule has 2 heterocycles. The summed E-state index contributed by atoms with van der Waals surface area (Å²) in [7, 11) is 4.45. The number of hydrogen-bond acceptors (Lipinski definition) is 7. The van der Waals surface area contributed by atoms with Gasteiger partial charge in [-0.3, -0.25) is 14.6 Å². The predicted molar refractivity (Wildman–Crippen MR) is 132 cm³/mol. The second-order valence-electron chi connectivity index (χ2n) is 7.75. The molecule has 8 nitrogen and oxygen atoms in total. The van der Waals surface area contributed by atoms with E-state index in [9.17, 15) is 14.7 Å². The first-order valence-corrected chi connectivity index (χ1v) is 11.4. The number of carbonyl (C=O) groups is 2. The predicted octanol–water partition coefficient (Wildman–Crippen LogP) is 4.49. The van der Waals surface area contributed by atoms with E-state index < -0.39 is 17.7 Å². The number of Topliss-reactive ketones (excluding diaryl/α,β-unsaturated/α-hetero) is 1. The van der Waals surface area contributed by atoms with Crippen LogP contribution in [0.15, 0.2) is 71.0 Å². The lowest BCUT2D eigenvalue weighted by Crippen LogP contribution is -2.29. The van der Waals surface area contributed by atoms with Crippen LogP contribution in [0.2, 0.25) is 0 Å². The van der Waals surface area contributed by atoms with E-state index in [2.05, 4.69) is 20.9 Å². The maximum atomic E-state index is 13.3. The first kappa shape index (κ1) is 24.3. The topological polar surface area (TPSA) is 98.2 Å². The molecule has 0 spiro atoms. The number of methoxy groups -OCH3 is 3. The first-order chi connectivity index (χ1) is 16.9. The molecule has 0 bridgehead atoms. The molecule has 1 aliphatic rings. The van der Waals surface area contributed by atoms with Gasteiger partial charge in [0.1, 0.15) is 5.76 Å². The third-order valence-corrected chi connectivity index (χ3v) is 6.26. The Balaban J connectivity index is 1.94. The van der Waals surface area contributed by atoms with Crippen LogP contribution in [-0.4, -0.2) is 48.0 Å². The molecule has 2 aromatic carbocycles. The Bertz CT molecular complexity index is 1270. The van der Waals surface area contributed by atoms with Gasteiger partial charge in [0, 0.05) is 29.0 Å². The molecule has 3 aromatic rings. The quantitative estimate of drug-likeness (QED) is 0.268. The van der Waals surface area contributed by atoms with E-state index in [0.29, 0.717) is 28.4 Å². The minimum Gasteiger partial charge on any atom is -0.507 e. The lowest BCUT2D eigenvalue weighted by atomic mass is 9.94. The number of amides is 1. The van der Waals surface area contributed by atoms with E-state index in [4.69, 9.17) is 14.2 Å². The number of aromatic nitrogens is 1. The van der Waals surface area contributed by atoms with Gasteiger partial charge in [-0.25, -0.2) is 0 Å². The summed E-state index contributed by atoms with van der Waals surface area (Å²) in [5.74, 6) is -0.701. The fourth-order valence-electron chi connectivity index (χ4n) is 4.10. The van der Waals surface area contributed by atoms with E-state index in [1.54, 1.807) is 54.9 Å². The van der Waals surface area contributed by atoms with Crippen molar-refractivity contribution in [1.29, 1.82) is 0 Å². The Morgan fingerprint density at radius 2 is 1.69 bits per heavy atom. The van der Waals surface area contributed by atoms with Crippen LogP contribution < -0.4 is 14.2 Å². The van der Waals surface area contributed by atoms with Crippen LogP contribution in [0.4, 0.5) is 0 Å². The molecule has 0 aliphatic carbocycles. The smallest absolute Gasteiger partial charge is 0.295 e. The van der Waals surface area contributed by atoms with Gasteiger partial charge in [0.05, 0.1) is 32.9 Å². The van der Waals surface area contributed by atoms with Gasteiger partial charge >= 0.3 is 0 Å². The number of rotatable bonds is 7. The van der Waals surface area contributed by atoms with Crippen LogP contribution in [0.25, 0.3) is 5.76 Å². The van der Waals surface area contributed by atoms with Crippen molar-refractivity contribution in [3.63, 3.8) is 0 Å². The van der Waals surface area contributed by atoms with E-state index >= 15 is 0 Å². The fraction of sp³-hybridized carbons (Fsp3) is 0.192. The van der Waals surface area contributed by atoms with Crippen molar-refractivity contribution in [3.05, 3.63) is 87.7 Å². The highest BCUT2D eigenvalue weighted by atomic mass is 79.9. The third kappa shape index (κ3) is 4.59. The molecular formula is C26H23BrN2O6. The Kier molecular flexibility index (Phi) is 7.07. The summed E-state index contributed by atoms with van der Waals surface area (Å²) in [5.41, 5.74) is 1.62. The Hall–Kier alpha value is -3.85. The van der Waals surface area contributed by atoms with Gasteiger partial charge in [0.25, 0.3) is 11.7 Å². The van der Waals surface area contributed by atoms with Crippen molar-refractivity contribution in [2.45, 2.75) is 12.6 Å². The van der Waals surface area contributed by atoms with Crippen LogP contribution >= 0.6 is 15.9 Å². The maximum Gasteiger partial charge on any atom is 0.295 e. The standard InChI is InChI=1S/C26H23BrN2O6/c1-33-19-11-17(12-20(34-2)25(19)35-3)22-21(23(30)16-6-8-18(27)9-7-16)24(31)26(32)29(22)14-15-5-4-10-28-13-15/h4-13,22,30H,14H2,1-3H3/t22-/m1/s1. The number of halogens is 1. The van der Waals surface area contributed by atoms with Gasteiger partial charge in [-0.1, -0.05) is 34.1 Å². The number of aliphatic hydroxyl groups is 1. The number of ether oxygens (including phenoxy) is 3. The molecule has 9 heteroatoms. The Morgan fingerprint density at radius 1 is 1.03 bits per heavy atom. The van der Waals surface area contributed by atoms with Crippen molar-refractivity contribution in [2.24, 2.45) is 0 Å². The molecule has 1 amide bonds.